The van der Waals surface area contributed by atoms with Crippen molar-refractivity contribution in [3.05, 3.63) is 17.5 Å². The van der Waals surface area contributed by atoms with Crippen LogP contribution in [0.2, 0.25) is 0 Å². The zero-order chi connectivity index (χ0) is 9.10. The van der Waals surface area contributed by atoms with Crippen molar-refractivity contribution >= 4 is 0 Å². The van der Waals surface area contributed by atoms with Crippen LogP contribution < -0.4 is 5.73 Å². The second kappa shape index (κ2) is 3.92. The van der Waals surface area contributed by atoms with Gasteiger partial charge in [-0.05, 0) is 30.9 Å². The Morgan fingerprint density at radius 2 is 2.23 bits per heavy atom. The molecule has 0 bridgehead atoms. The zero-order valence-electron chi connectivity index (χ0n) is 7.92. The molecule has 0 aromatic carbocycles. The lowest BCUT2D eigenvalue weighted by molar-refractivity contribution is 0.710. The molecule has 1 aromatic heterocycles. The van der Waals surface area contributed by atoms with Crippen LogP contribution in [0.1, 0.15) is 42.9 Å². The quantitative estimate of drug-likeness (QED) is 0.740. The summed E-state index contributed by atoms with van der Waals surface area (Å²) in [5.74, 6) is 0.750. The minimum Gasteiger partial charge on any atom is -0.330 e. The summed E-state index contributed by atoms with van der Waals surface area (Å²) in [6, 6.07) is 0. The van der Waals surface area contributed by atoms with Crippen molar-refractivity contribution in [3.8, 4) is 0 Å². The average molecular weight is 179 g/mol. The van der Waals surface area contributed by atoms with Gasteiger partial charge in [-0.3, -0.25) is 5.10 Å². The van der Waals surface area contributed by atoms with Gasteiger partial charge in [0.1, 0.15) is 0 Å². The molecule has 0 atom stereocenters. The van der Waals surface area contributed by atoms with Crippen molar-refractivity contribution in [1.29, 1.82) is 0 Å². The molecular formula is C10H17N3. The third kappa shape index (κ3) is 1.75. The molecule has 2 rings (SSSR count). The first kappa shape index (κ1) is 8.75. The van der Waals surface area contributed by atoms with E-state index < -0.39 is 0 Å². The standard InChI is InChI=1S/C10H17N3/c11-6-5-10-9(7-12-13-10)8-3-1-2-4-8/h7-8H,1-6,11H2,(H,12,13). The molecule has 0 spiro atoms. The van der Waals surface area contributed by atoms with Crippen LogP contribution in [0.4, 0.5) is 0 Å². The van der Waals surface area contributed by atoms with Gasteiger partial charge in [-0.25, -0.2) is 0 Å². The lowest BCUT2D eigenvalue weighted by Gasteiger charge is -2.08. The van der Waals surface area contributed by atoms with E-state index >= 15 is 0 Å². The summed E-state index contributed by atoms with van der Waals surface area (Å²) in [5, 5.41) is 7.16. The molecule has 1 aliphatic rings. The van der Waals surface area contributed by atoms with Gasteiger partial charge in [-0.1, -0.05) is 12.8 Å². The molecule has 0 amide bonds. The van der Waals surface area contributed by atoms with Gasteiger partial charge in [-0.2, -0.15) is 5.10 Å². The molecule has 0 aliphatic heterocycles. The molecule has 13 heavy (non-hydrogen) atoms. The van der Waals surface area contributed by atoms with Crippen LogP contribution in [-0.2, 0) is 6.42 Å². The number of hydrogen-bond donors (Lipinski definition) is 2. The van der Waals surface area contributed by atoms with Gasteiger partial charge >= 0.3 is 0 Å². The molecule has 3 N–H and O–H groups in total. The summed E-state index contributed by atoms with van der Waals surface area (Å²) in [6.07, 6.45) is 8.33. The Labute approximate surface area is 78.7 Å². The van der Waals surface area contributed by atoms with Crippen molar-refractivity contribution in [2.24, 2.45) is 5.73 Å². The highest BCUT2D eigenvalue weighted by Crippen LogP contribution is 2.35. The van der Waals surface area contributed by atoms with E-state index in [2.05, 4.69) is 10.2 Å². The van der Waals surface area contributed by atoms with Gasteiger partial charge in [0, 0.05) is 12.1 Å². The second-order valence-electron chi connectivity index (χ2n) is 3.82. The fourth-order valence-corrected chi connectivity index (χ4v) is 2.26. The van der Waals surface area contributed by atoms with Gasteiger partial charge in [0.2, 0.25) is 0 Å². The van der Waals surface area contributed by atoms with E-state index in [1.54, 1.807) is 0 Å². The molecule has 1 saturated carbocycles. The smallest absolute Gasteiger partial charge is 0.0524 e. The van der Waals surface area contributed by atoms with Crippen molar-refractivity contribution in [2.45, 2.75) is 38.0 Å². The molecule has 1 aromatic rings. The first-order chi connectivity index (χ1) is 6.42. The summed E-state index contributed by atoms with van der Waals surface area (Å²) in [7, 11) is 0. The van der Waals surface area contributed by atoms with E-state index in [0.717, 1.165) is 12.3 Å². The summed E-state index contributed by atoms with van der Waals surface area (Å²) in [5.41, 5.74) is 8.22. The van der Waals surface area contributed by atoms with Crippen LogP contribution in [0.15, 0.2) is 6.20 Å². The number of aromatic amines is 1. The number of rotatable bonds is 3. The van der Waals surface area contributed by atoms with Gasteiger partial charge < -0.3 is 5.73 Å². The Morgan fingerprint density at radius 1 is 1.46 bits per heavy atom. The maximum absolute atomic E-state index is 5.54. The van der Waals surface area contributed by atoms with E-state index in [1.807, 2.05) is 6.20 Å². The molecule has 1 aliphatic carbocycles. The molecule has 0 radical (unpaired) electrons. The maximum Gasteiger partial charge on any atom is 0.0524 e. The predicted molar refractivity (Wildman–Crippen MR) is 52.6 cm³/mol. The number of nitrogens with zero attached hydrogens (tertiary/aromatic N) is 1. The van der Waals surface area contributed by atoms with Crippen molar-refractivity contribution in [1.82, 2.24) is 10.2 Å². The monoisotopic (exact) mass is 179 g/mol. The highest BCUT2D eigenvalue weighted by molar-refractivity contribution is 5.22. The number of H-pyrrole nitrogens is 1. The number of hydrogen-bond acceptors (Lipinski definition) is 2. The highest BCUT2D eigenvalue weighted by Gasteiger charge is 2.20. The maximum atomic E-state index is 5.54. The molecule has 1 fully saturated rings. The summed E-state index contributed by atoms with van der Waals surface area (Å²) < 4.78 is 0. The fraction of sp³-hybridized carbons (Fsp3) is 0.700. The van der Waals surface area contributed by atoms with Crippen LogP contribution in [0.25, 0.3) is 0 Å². The Kier molecular flexibility index (Phi) is 2.64. The number of nitrogens with two attached hydrogens (primary N) is 1. The first-order valence-electron chi connectivity index (χ1n) is 5.14. The minimum atomic E-state index is 0.710. The van der Waals surface area contributed by atoms with Gasteiger partial charge in [0.05, 0.1) is 6.20 Å². The molecule has 3 heteroatoms. The molecular weight excluding hydrogens is 162 g/mol. The lowest BCUT2D eigenvalue weighted by atomic mass is 9.97. The Hall–Kier alpha value is -0.830. The van der Waals surface area contributed by atoms with Crippen LogP contribution in [-0.4, -0.2) is 16.7 Å². The Morgan fingerprint density at radius 3 is 2.92 bits per heavy atom. The van der Waals surface area contributed by atoms with E-state index in [1.165, 1.54) is 36.9 Å². The lowest BCUT2D eigenvalue weighted by Crippen LogP contribution is -2.06. The number of nitrogens with one attached hydrogen (secondary N) is 1. The van der Waals surface area contributed by atoms with Crippen LogP contribution in [0.5, 0.6) is 0 Å². The van der Waals surface area contributed by atoms with E-state index in [-0.39, 0.29) is 0 Å². The molecule has 0 saturated heterocycles. The van der Waals surface area contributed by atoms with Gasteiger partial charge in [0.25, 0.3) is 0 Å². The second-order valence-corrected chi connectivity index (χ2v) is 3.82. The summed E-state index contributed by atoms with van der Waals surface area (Å²) >= 11 is 0. The van der Waals surface area contributed by atoms with Crippen LogP contribution in [0, 0.1) is 0 Å². The average Bonchev–Trinajstić information content (AvgIpc) is 2.71. The van der Waals surface area contributed by atoms with Crippen LogP contribution >= 0.6 is 0 Å². The third-order valence-corrected chi connectivity index (χ3v) is 2.94. The first-order valence-corrected chi connectivity index (χ1v) is 5.14. The highest BCUT2D eigenvalue weighted by atomic mass is 15.1. The summed E-state index contributed by atoms with van der Waals surface area (Å²) in [6.45, 7) is 0.710. The van der Waals surface area contributed by atoms with E-state index in [4.69, 9.17) is 5.73 Å². The van der Waals surface area contributed by atoms with Crippen molar-refractivity contribution in [2.75, 3.05) is 6.54 Å². The van der Waals surface area contributed by atoms with E-state index in [0.29, 0.717) is 6.54 Å². The molecule has 72 valence electrons. The SMILES string of the molecule is NCCc1[nH]ncc1C1CCCC1. The molecule has 3 nitrogen and oxygen atoms in total. The number of aromatic nitrogens is 2. The Bertz CT molecular complexity index is 261. The Balaban J connectivity index is 2.13. The normalized spacial score (nSPS) is 18.2. The zero-order valence-corrected chi connectivity index (χ0v) is 7.92. The van der Waals surface area contributed by atoms with Crippen molar-refractivity contribution < 1.29 is 0 Å². The molecule has 1 heterocycles. The minimum absolute atomic E-state index is 0.710. The third-order valence-electron chi connectivity index (χ3n) is 2.94. The fourth-order valence-electron chi connectivity index (χ4n) is 2.26. The van der Waals surface area contributed by atoms with Crippen molar-refractivity contribution in [3.63, 3.8) is 0 Å². The summed E-state index contributed by atoms with van der Waals surface area (Å²) in [4.78, 5) is 0. The van der Waals surface area contributed by atoms with Gasteiger partial charge in [0.15, 0.2) is 0 Å². The topological polar surface area (TPSA) is 54.7 Å². The predicted octanol–water partition coefficient (Wildman–Crippen LogP) is 1.57. The van der Waals surface area contributed by atoms with Crippen LogP contribution in [0.3, 0.4) is 0 Å². The van der Waals surface area contributed by atoms with Gasteiger partial charge in [-0.15, -0.1) is 0 Å². The largest absolute Gasteiger partial charge is 0.330 e. The molecule has 0 unspecified atom stereocenters. The van der Waals surface area contributed by atoms with E-state index in [9.17, 15) is 0 Å².